The first-order chi connectivity index (χ1) is 12.3. The summed E-state index contributed by atoms with van der Waals surface area (Å²) in [6.07, 6.45) is 7.58. The van der Waals surface area contributed by atoms with Crippen LogP contribution in [0.3, 0.4) is 0 Å². The summed E-state index contributed by atoms with van der Waals surface area (Å²) in [7, 11) is 0. The number of ether oxygens (including phenoxy) is 1. The molecule has 1 aliphatic carbocycles. The number of aromatic nitrogens is 2. The van der Waals surface area contributed by atoms with Gasteiger partial charge in [0.2, 0.25) is 0 Å². The van der Waals surface area contributed by atoms with E-state index in [0.29, 0.717) is 5.75 Å². The summed E-state index contributed by atoms with van der Waals surface area (Å²) in [6.45, 7) is 2.90. The molecule has 3 aromatic rings. The molecule has 0 atom stereocenters. The molecule has 1 fully saturated rings. The molecule has 4 rings (SSSR count). The van der Waals surface area contributed by atoms with Crippen LogP contribution in [0.25, 0.3) is 22.0 Å². The molecule has 1 saturated carbocycles. The Hall–Kier alpha value is -2.36. The topological polar surface area (TPSA) is 27.1 Å². The first kappa shape index (κ1) is 16.1. The van der Waals surface area contributed by atoms with E-state index in [2.05, 4.69) is 24.2 Å². The molecule has 1 aliphatic rings. The molecule has 0 radical (unpaired) electrons. The predicted octanol–water partition coefficient (Wildman–Crippen LogP) is 5.57. The quantitative estimate of drug-likeness (QED) is 0.621. The fraction of sp³-hybridized carbons (Fsp3) is 0.381. The molecule has 1 aromatic heterocycles. The zero-order valence-electron chi connectivity index (χ0n) is 14.5. The molecule has 130 valence electrons. The van der Waals surface area contributed by atoms with E-state index >= 15 is 0 Å². The van der Waals surface area contributed by atoms with Gasteiger partial charge in [-0.25, -0.2) is 4.39 Å². The van der Waals surface area contributed by atoms with E-state index in [-0.39, 0.29) is 11.9 Å². The van der Waals surface area contributed by atoms with Gasteiger partial charge in [-0.05, 0) is 56.4 Å². The van der Waals surface area contributed by atoms with Crippen molar-refractivity contribution in [1.82, 2.24) is 9.78 Å². The first-order valence-electron chi connectivity index (χ1n) is 9.17. The number of hydrogen-bond donors (Lipinski definition) is 0. The third kappa shape index (κ3) is 3.13. The van der Waals surface area contributed by atoms with Gasteiger partial charge in [-0.15, -0.1) is 0 Å². The van der Waals surface area contributed by atoms with Gasteiger partial charge >= 0.3 is 0 Å². The Morgan fingerprint density at radius 1 is 1.16 bits per heavy atom. The van der Waals surface area contributed by atoms with Crippen molar-refractivity contribution >= 4 is 10.9 Å². The SMILES string of the molecule is CCn1ncc2cc(-c3cccc(F)c3OC3CCCCC3)ccc21. The molecule has 1 heterocycles. The molecule has 2 aromatic carbocycles. The highest BCUT2D eigenvalue weighted by Gasteiger charge is 2.20. The van der Waals surface area contributed by atoms with E-state index in [0.717, 1.165) is 54.3 Å². The third-order valence-electron chi connectivity index (χ3n) is 5.06. The molecule has 0 unspecified atom stereocenters. The number of halogens is 1. The summed E-state index contributed by atoms with van der Waals surface area (Å²) >= 11 is 0. The van der Waals surface area contributed by atoms with Gasteiger partial charge in [0.15, 0.2) is 11.6 Å². The lowest BCUT2D eigenvalue weighted by molar-refractivity contribution is 0.149. The van der Waals surface area contributed by atoms with Gasteiger partial charge in [-0.3, -0.25) is 4.68 Å². The lowest BCUT2D eigenvalue weighted by atomic mass is 9.97. The van der Waals surface area contributed by atoms with Crippen molar-refractivity contribution in [2.45, 2.75) is 51.7 Å². The molecular formula is C21H23FN2O. The summed E-state index contributed by atoms with van der Waals surface area (Å²) in [5.74, 6) is 0.101. The highest BCUT2D eigenvalue weighted by molar-refractivity contribution is 5.86. The number of para-hydroxylation sites is 1. The average Bonchev–Trinajstić information content (AvgIpc) is 3.06. The van der Waals surface area contributed by atoms with Gasteiger partial charge in [0.25, 0.3) is 0 Å². The predicted molar refractivity (Wildman–Crippen MR) is 98.3 cm³/mol. The molecule has 0 saturated heterocycles. The first-order valence-corrected chi connectivity index (χ1v) is 9.17. The lowest BCUT2D eigenvalue weighted by Crippen LogP contribution is -2.20. The van der Waals surface area contributed by atoms with E-state index in [9.17, 15) is 4.39 Å². The second-order valence-corrected chi connectivity index (χ2v) is 6.73. The zero-order valence-corrected chi connectivity index (χ0v) is 14.5. The number of hydrogen-bond acceptors (Lipinski definition) is 2. The van der Waals surface area contributed by atoms with Crippen LogP contribution in [0.15, 0.2) is 42.6 Å². The Labute approximate surface area is 147 Å². The molecule has 0 spiro atoms. The summed E-state index contributed by atoms with van der Waals surface area (Å²) in [4.78, 5) is 0. The van der Waals surface area contributed by atoms with E-state index in [4.69, 9.17) is 4.74 Å². The van der Waals surface area contributed by atoms with Crippen molar-refractivity contribution in [2.24, 2.45) is 0 Å². The standard InChI is InChI=1S/C21H23FN2O/c1-2-24-20-12-11-15(13-16(20)14-23-24)18-9-6-10-19(22)21(18)25-17-7-4-3-5-8-17/h6,9-14,17H,2-5,7-8H2,1H3. The van der Waals surface area contributed by atoms with E-state index in [1.54, 1.807) is 6.07 Å². The molecule has 0 amide bonds. The maximum absolute atomic E-state index is 14.5. The lowest BCUT2D eigenvalue weighted by Gasteiger charge is -2.24. The van der Waals surface area contributed by atoms with Gasteiger partial charge in [0.05, 0.1) is 17.8 Å². The highest BCUT2D eigenvalue weighted by atomic mass is 19.1. The van der Waals surface area contributed by atoms with Crippen molar-refractivity contribution < 1.29 is 9.13 Å². The fourth-order valence-electron chi connectivity index (χ4n) is 3.71. The highest BCUT2D eigenvalue weighted by Crippen LogP contribution is 2.36. The van der Waals surface area contributed by atoms with Crippen molar-refractivity contribution in [3.8, 4) is 16.9 Å². The maximum atomic E-state index is 14.5. The molecule has 0 bridgehead atoms. The molecule has 0 aliphatic heterocycles. The van der Waals surface area contributed by atoms with Crippen LogP contribution in [-0.2, 0) is 6.54 Å². The second kappa shape index (κ2) is 6.87. The van der Waals surface area contributed by atoms with Crippen LogP contribution in [-0.4, -0.2) is 15.9 Å². The van der Waals surface area contributed by atoms with Crippen molar-refractivity contribution in [1.29, 1.82) is 0 Å². The zero-order chi connectivity index (χ0) is 17.2. The third-order valence-corrected chi connectivity index (χ3v) is 5.06. The van der Waals surface area contributed by atoms with E-state index in [1.807, 2.05) is 23.0 Å². The number of nitrogens with zero attached hydrogens (tertiary/aromatic N) is 2. The maximum Gasteiger partial charge on any atom is 0.165 e. The van der Waals surface area contributed by atoms with Gasteiger partial charge in [0.1, 0.15) is 0 Å². The van der Waals surface area contributed by atoms with Gasteiger partial charge in [0, 0.05) is 17.5 Å². The summed E-state index contributed by atoms with van der Waals surface area (Å²) < 4.78 is 22.6. The molecule has 3 nitrogen and oxygen atoms in total. The minimum Gasteiger partial charge on any atom is -0.487 e. The van der Waals surface area contributed by atoms with Crippen LogP contribution in [0.4, 0.5) is 4.39 Å². The monoisotopic (exact) mass is 338 g/mol. The number of benzene rings is 2. The molecule has 4 heteroatoms. The second-order valence-electron chi connectivity index (χ2n) is 6.73. The number of aryl methyl sites for hydroxylation is 1. The Morgan fingerprint density at radius 3 is 2.80 bits per heavy atom. The minimum atomic E-state index is -0.285. The largest absolute Gasteiger partial charge is 0.487 e. The van der Waals surface area contributed by atoms with Crippen LogP contribution >= 0.6 is 0 Å². The number of rotatable bonds is 4. The summed E-state index contributed by atoms with van der Waals surface area (Å²) in [6, 6.07) is 11.3. The average molecular weight is 338 g/mol. The normalized spacial score (nSPS) is 15.6. The fourth-order valence-corrected chi connectivity index (χ4v) is 3.71. The minimum absolute atomic E-state index is 0.121. The van der Waals surface area contributed by atoms with Gasteiger partial charge in [-0.2, -0.15) is 5.10 Å². The van der Waals surface area contributed by atoms with Crippen LogP contribution in [0, 0.1) is 5.82 Å². The molecular weight excluding hydrogens is 315 g/mol. The number of fused-ring (bicyclic) bond motifs is 1. The van der Waals surface area contributed by atoms with Crippen molar-refractivity contribution in [3.63, 3.8) is 0 Å². The van der Waals surface area contributed by atoms with Crippen molar-refractivity contribution in [3.05, 3.63) is 48.4 Å². The summed E-state index contributed by atoms with van der Waals surface area (Å²) in [5.41, 5.74) is 2.88. The van der Waals surface area contributed by atoms with E-state index < -0.39 is 0 Å². The van der Waals surface area contributed by atoms with Crippen molar-refractivity contribution in [2.75, 3.05) is 0 Å². The Kier molecular flexibility index (Phi) is 4.43. The summed E-state index contributed by atoms with van der Waals surface area (Å²) in [5, 5.41) is 5.46. The van der Waals surface area contributed by atoms with Crippen LogP contribution in [0.5, 0.6) is 5.75 Å². The Balaban J connectivity index is 1.73. The Morgan fingerprint density at radius 2 is 2.00 bits per heavy atom. The smallest absolute Gasteiger partial charge is 0.165 e. The van der Waals surface area contributed by atoms with Crippen LogP contribution in [0.2, 0.25) is 0 Å². The van der Waals surface area contributed by atoms with Gasteiger partial charge in [-0.1, -0.05) is 24.6 Å². The van der Waals surface area contributed by atoms with Crippen LogP contribution < -0.4 is 4.74 Å². The molecule has 25 heavy (non-hydrogen) atoms. The van der Waals surface area contributed by atoms with Crippen LogP contribution in [0.1, 0.15) is 39.0 Å². The molecule has 0 N–H and O–H groups in total. The van der Waals surface area contributed by atoms with Gasteiger partial charge < -0.3 is 4.74 Å². The van der Waals surface area contributed by atoms with E-state index in [1.165, 1.54) is 12.5 Å². The Bertz CT molecular complexity index is 881.